The quantitative estimate of drug-likeness (QED) is 0.299. The van der Waals surface area contributed by atoms with Gasteiger partial charge in [-0.15, -0.1) is 0 Å². The van der Waals surface area contributed by atoms with Crippen LogP contribution in [0.15, 0.2) is 24.3 Å². The van der Waals surface area contributed by atoms with Crippen LogP contribution in [0, 0.1) is 0 Å². The van der Waals surface area contributed by atoms with Crippen molar-refractivity contribution in [3.05, 3.63) is 45.0 Å². The zero-order valence-electron chi connectivity index (χ0n) is 22.1. The highest BCUT2D eigenvalue weighted by atomic mass is 35.5. The Bertz CT molecular complexity index is 1210. The number of carbonyl (C=O) groups is 2. The number of hydrazine groups is 1. The normalized spacial score (nSPS) is 18.2. The first-order valence-electron chi connectivity index (χ1n) is 12.5. The molecular formula is C25H32Cl3N7O3S. The van der Waals surface area contributed by atoms with E-state index >= 15 is 0 Å². The maximum Gasteiger partial charge on any atom is 0.411 e. The lowest BCUT2D eigenvalue weighted by Gasteiger charge is -2.40. The van der Waals surface area contributed by atoms with Crippen molar-refractivity contribution < 1.29 is 14.3 Å². The third kappa shape index (κ3) is 7.73. The molecule has 39 heavy (non-hydrogen) atoms. The summed E-state index contributed by atoms with van der Waals surface area (Å²) < 4.78 is 5.55. The monoisotopic (exact) mass is 615 g/mol. The summed E-state index contributed by atoms with van der Waals surface area (Å²) in [5.74, 6) is 8.39. The molecule has 0 aliphatic carbocycles. The number of amides is 2. The summed E-state index contributed by atoms with van der Waals surface area (Å²) in [6.07, 6.45) is -0.453. The van der Waals surface area contributed by atoms with Gasteiger partial charge in [0.15, 0.2) is 0 Å². The Morgan fingerprint density at radius 2 is 1.82 bits per heavy atom. The Morgan fingerprint density at radius 1 is 1.10 bits per heavy atom. The van der Waals surface area contributed by atoms with Crippen molar-refractivity contribution >= 4 is 70.3 Å². The Balaban J connectivity index is 1.40. The van der Waals surface area contributed by atoms with E-state index in [1.165, 1.54) is 5.01 Å². The second-order valence-electron chi connectivity index (χ2n) is 10.3. The Morgan fingerprint density at radius 3 is 2.49 bits per heavy atom. The van der Waals surface area contributed by atoms with Crippen LogP contribution < -0.4 is 15.8 Å². The number of hydrogen-bond acceptors (Lipinski definition) is 9. The lowest BCUT2D eigenvalue weighted by atomic mass is 10.2. The number of benzene rings is 1. The standard InChI is InChI=1S/C25H32Cl3N7O3S/c1-25(2,3)38-24(37)34-10-11-39-15-19(34)22(36)32-6-8-33(9-7-32)23-30-20(28)13-21(31-23)35(29)14-16-4-5-17(26)12-18(16)27/h4-5,12-13,19H,6-11,14-15,29H2,1-3H3/t19-/m0/s1. The van der Waals surface area contributed by atoms with Gasteiger partial charge in [0, 0.05) is 60.3 Å². The van der Waals surface area contributed by atoms with Gasteiger partial charge in [-0.25, -0.2) is 15.6 Å². The van der Waals surface area contributed by atoms with Gasteiger partial charge >= 0.3 is 6.09 Å². The molecule has 14 heteroatoms. The van der Waals surface area contributed by atoms with Crippen molar-refractivity contribution in [1.82, 2.24) is 19.8 Å². The number of ether oxygens (including phenoxy) is 1. The molecule has 2 amide bonds. The molecular weight excluding hydrogens is 585 g/mol. The van der Waals surface area contributed by atoms with Crippen LogP contribution in [0.25, 0.3) is 0 Å². The SMILES string of the molecule is CC(C)(C)OC(=O)N1CCSC[C@H]1C(=O)N1CCN(c2nc(Cl)cc(N(N)Cc3ccc(Cl)cc3Cl)n2)CC1. The first-order valence-corrected chi connectivity index (χ1v) is 14.8. The molecule has 0 radical (unpaired) electrons. The summed E-state index contributed by atoms with van der Waals surface area (Å²) in [6, 6.07) is 6.24. The molecule has 212 valence electrons. The van der Waals surface area contributed by atoms with Gasteiger partial charge in [0.05, 0.1) is 6.54 Å². The van der Waals surface area contributed by atoms with E-state index in [1.54, 1.807) is 45.8 Å². The van der Waals surface area contributed by atoms with E-state index in [-0.39, 0.29) is 11.1 Å². The molecule has 3 heterocycles. The van der Waals surface area contributed by atoms with Gasteiger partial charge in [-0.05, 0) is 38.5 Å². The van der Waals surface area contributed by atoms with Crippen molar-refractivity contribution in [1.29, 1.82) is 0 Å². The van der Waals surface area contributed by atoms with Crippen LogP contribution in [0.1, 0.15) is 26.3 Å². The number of piperazine rings is 1. The molecule has 1 aromatic heterocycles. The highest BCUT2D eigenvalue weighted by molar-refractivity contribution is 7.99. The highest BCUT2D eigenvalue weighted by Gasteiger charge is 2.38. The largest absolute Gasteiger partial charge is 0.444 e. The van der Waals surface area contributed by atoms with Crippen molar-refractivity contribution in [3.8, 4) is 0 Å². The Kier molecular flexibility index (Phi) is 9.59. The number of anilines is 2. The molecule has 0 spiro atoms. The fraction of sp³-hybridized carbons (Fsp3) is 0.520. The molecule has 2 aliphatic heterocycles. The predicted octanol–water partition coefficient (Wildman–Crippen LogP) is 4.32. The molecule has 4 rings (SSSR count). The first kappa shape index (κ1) is 29.8. The lowest BCUT2D eigenvalue weighted by molar-refractivity contribution is -0.136. The van der Waals surface area contributed by atoms with Crippen LogP contribution in [0.5, 0.6) is 0 Å². The van der Waals surface area contributed by atoms with Crippen LogP contribution in [0.2, 0.25) is 15.2 Å². The van der Waals surface area contributed by atoms with Crippen LogP contribution in [0.3, 0.4) is 0 Å². The molecule has 1 aromatic carbocycles. The number of nitrogens with zero attached hydrogens (tertiary/aromatic N) is 6. The zero-order chi connectivity index (χ0) is 28.3. The van der Waals surface area contributed by atoms with Gasteiger partial charge in [0.2, 0.25) is 11.9 Å². The summed E-state index contributed by atoms with van der Waals surface area (Å²) in [5.41, 5.74) is 0.157. The van der Waals surface area contributed by atoms with Crippen LogP contribution in [-0.2, 0) is 16.1 Å². The third-order valence-electron chi connectivity index (χ3n) is 6.24. The maximum atomic E-state index is 13.4. The van der Waals surface area contributed by atoms with E-state index in [9.17, 15) is 9.59 Å². The number of carbonyl (C=O) groups excluding carboxylic acids is 2. The summed E-state index contributed by atoms with van der Waals surface area (Å²) in [7, 11) is 0. The van der Waals surface area contributed by atoms with Crippen molar-refractivity contribution in [2.45, 2.75) is 39.0 Å². The van der Waals surface area contributed by atoms with Crippen LogP contribution in [0.4, 0.5) is 16.6 Å². The van der Waals surface area contributed by atoms with Crippen LogP contribution >= 0.6 is 46.6 Å². The predicted molar refractivity (Wildman–Crippen MR) is 157 cm³/mol. The molecule has 2 saturated heterocycles. The minimum absolute atomic E-state index is 0.0756. The van der Waals surface area contributed by atoms with Gasteiger partial charge < -0.3 is 14.5 Å². The number of thioether (sulfide) groups is 1. The van der Waals surface area contributed by atoms with E-state index in [2.05, 4.69) is 9.97 Å². The van der Waals surface area contributed by atoms with Crippen molar-refractivity contribution in [3.63, 3.8) is 0 Å². The average molecular weight is 617 g/mol. The van der Waals surface area contributed by atoms with Gasteiger partial charge in [-0.1, -0.05) is 40.9 Å². The second kappa shape index (κ2) is 12.6. The van der Waals surface area contributed by atoms with Crippen molar-refractivity contribution in [2.24, 2.45) is 5.84 Å². The molecule has 2 aliphatic rings. The molecule has 0 bridgehead atoms. The minimum atomic E-state index is -0.628. The lowest BCUT2D eigenvalue weighted by Crippen LogP contribution is -2.59. The molecule has 10 nitrogen and oxygen atoms in total. The Labute approximate surface area is 247 Å². The summed E-state index contributed by atoms with van der Waals surface area (Å²) in [5, 5.41) is 2.73. The zero-order valence-corrected chi connectivity index (χ0v) is 25.2. The number of rotatable bonds is 5. The third-order valence-corrected chi connectivity index (χ3v) is 8.04. The van der Waals surface area contributed by atoms with Crippen molar-refractivity contribution in [2.75, 3.05) is 54.1 Å². The van der Waals surface area contributed by atoms with E-state index in [1.807, 2.05) is 25.7 Å². The molecule has 2 fully saturated rings. The fourth-order valence-electron chi connectivity index (χ4n) is 4.28. The summed E-state index contributed by atoms with van der Waals surface area (Å²) >= 11 is 20.3. The molecule has 0 unspecified atom stereocenters. The molecule has 1 atom stereocenters. The Hall–Kier alpha value is -2.18. The number of hydrogen-bond donors (Lipinski definition) is 1. The highest BCUT2D eigenvalue weighted by Crippen LogP contribution is 2.26. The van der Waals surface area contributed by atoms with E-state index < -0.39 is 17.7 Å². The first-order chi connectivity index (χ1) is 18.4. The van der Waals surface area contributed by atoms with Gasteiger partial charge in [-0.3, -0.25) is 14.7 Å². The average Bonchev–Trinajstić information content (AvgIpc) is 2.88. The molecule has 2 N–H and O–H groups in total. The van der Waals surface area contributed by atoms with Gasteiger partial charge in [0.1, 0.15) is 22.6 Å². The topological polar surface area (TPSA) is 108 Å². The number of halogens is 3. The second-order valence-corrected chi connectivity index (χ2v) is 12.7. The van der Waals surface area contributed by atoms with Crippen LogP contribution in [-0.4, -0.2) is 87.6 Å². The van der Waals surface area contributed by atoms with E-state index in [0.29, 0.717) is 66.8 Å². The maximum absolute atomic E-state index is 13.4. The molecule has 0 saturated carbocycles. The van der Waals surface area contributed by atoms with E-state index in [4.69, 9.17) is 45.4 Å². The van der Waals surface area contributed by atoms with Gasteiger partial charge in [0.25, 0.3) is 0 Å². The van der Waals surface area contributed by atoms with E-state index in [0.717, 1.165) is 11.3 Å². The number of aromatic nitrogens is 2. The number of nitrogens with two attached hydrogens (primary N) is 1. The minimum Gasteiger partial charge on any atom is -0.444 e. The summed E-state index contributed by atoms with van der Waals surface area (Å²) in [4.78, 5) is 40.5. The van der Waals surface area contributed by atoms with Gasteiger partial charge in [-0.2, -0.15) is 16.7 Å². The fourth-order valence-corrected chi connectivity index (χ4v) is 5.96. The summed E-state index contributed by atoms with van der Waals surface area (Å²) in [6.45, 7) is 8.15. The smallest absolute Gasteiger partial charge is 0.411 e. The molecule has 2 aromatic rings.